The van der Waals surface area contributed by atoms with Gasteiger partial charge in [-0.05, 0) is 72.5 Å². The molecule has 0 bridgehead atoms. The average Bonchev–Trinajstić information content (AvgIpc) is 2.82. The molecule has 0 heterocycles. The third kappa shape index (κ3) is 6.68. The molecule has 3 aromatic carbocycles. The molecule has 7 nitrogen and oxygen atoms in total. The third-order valence-corrected chi connectivity index (χ3v) is 5.56. The third-order valence-electron chi connectivity index (χ3n) is 5.06. The van der Waals surface area contributed by atoms with Gasteiger partial charge in [0.05, 0.1) is 0 Å². The summed E-state index contributed by atoms with van der Waals surface area (Å²) in [7, 11) is 0. The summed E-state index contributed by atoms with van der Waals surface area (Å²) in [5.41, 5.74) is 8.01. The van der Waals surface area contributed by atoms with E-state index in [1.807, 2.05) is 45.0 Å². The minimum absolute atomic E-state index is 0.222. The lowest BCUT2D eigenvalue weighted by atomic mass is 10.0. The topological polar surface area (TPSA) is 96.5 Å². The first-order valence-corrected chi connectivity index (χ1v) is 11.5. The lowest BCUT2D eigenvalue weighted by Gasteiger charge is -2.14. The number of benzene rings is 3. The largest absolute Gasteiger partial charge is 0.483 e. The highest BCUT2D eigenvalue weighted by Gasteiger charge is 2.13. The van der Waals surface area contributed by atoms with Crippen molar-refractivity contribution in [3.63, 3.8) is 0 Å². The van der Waals surface area contributed by atoms with Crippen LogP contribution in [0.1, 0.15) is 51.6 Å². The van der Waals surface area contributed by atoms with Crippen molar-refractivity contribution in [3.8, 4) is 5.75 Å². The zero-order valence-corrected chi connectivity index (χ0v) is 20.7. The number of carbonyl (C=O) groups is 3. The maximum absolute atomic E-state index is 12.4. The lowest BCUT2D eigenvalue weighted by Crippen LogP contribution is -2.43. The first-order valence-electron chi connectivity index (χ1n) is 10.7. The Bertz CT molecular complexity index is 1190. The van der Waals surface area contributed by atoms with Crippen molar-refractivity contribution in [2.45, 2.75) is 26.7 Å². The van der Waals surface area contributed by atoms with E-state index in [9.17, 15) is 14.4 Å². The quantitative estimate of drug-likeness (QED) is 0.380. The number of hydrogen-bond donors (Lipinski definition) is 3. The molecule has 0 fully saturated rings. The van der Waals surface area contributed by atoms with E-state index in [0.717, 1.165) is 15.6 Å². The Morgan fingerprint density at radius 2 is 1.62 bits per heavy atom. The van der Waals surface area contributed by atoms with Gasteiger partial charge in [-0.15, -0.1) is 0 Å². The Labute approximate surface area is 207 Å². The summed E-state index contributed by atoms with van der Waals surface area (Å²) >= 11 is 3.43. The highest BCUT2D eigenvalue weighted by molar-refractivity contribution is 9.10. The Kier molecular flexibility index (Phi) is 8.43. The van der Waals surface area contributed by atoms with Gasteiger partial charge in [0, 0.05) is 21.3 Å². The normalized spacial score (nSPS) is 10.5. The molecule has 0 aliphatic heterocycles. The fraction of sp³-hybridized carbons (Fsp3) is 0.192. The zero-order valence-electron chi connectivity index (χ0n) is 19.1. The van der Waals surface area contributed by atoms with Crippen molar-refractivity contribution < 1.29 is 19.1 Å². The second kappa shape index (κ2) is 11.5. The maximum atomic E-state index is 12.4. The monoisotopic (exact) mass is 523 g/mol. The maximum Gasteiger partial charge on any atom is 0.276 e. The van der Waals surface area contributed by atoms with E-state index in [-0.39, 0.29) is 18.4 Å². The van der Waals surface area contributed by atoms with Crippen LogP contribution >= 0.6 is 15.9 Å². The minimum atomic E-state index is -0.493. The molecular formula is C26H26BrN3O4. The number of amides is 3. The molecule has 0 saturated heterocycles. The van der Waals surface area contributed by atoms with E-state index < -0.39 is 11.8 Å². The molecule has 3 N–H and O–H groups in total. The second-order valence-corrected chi connectivity index (χ2v) is 8.89. The first-order chi connectivity index (χ1) is 16.2. The van der Waals surface area contributed by atoms with Gasteiger partial charge in [0.25, 0.3) is 17.7 Å². The summed E-state index contributed by atoms with van der Waals surface area (Å²) in [5.74, 6) is -0.374. The fourth-order valence-corrected chi connectivity index (χ4v) is 3.59. The van der Waals surface area contributed by atoms with Crippen molar-refractivity contribution in [2.75, 3.05) is 11.9 Å². The van der Waals surface area contributed by atoms with Crippen LogP contribution in [0.3, 0.4) is 0 Å². The summed E-state index contributed by atoms with van der Waals surface area (Å²) < 4.78 is 6.56. The number of anilines is 1. The Balaban J connectivity index is 1.50. The molecule has 176 valence electrons. The molecule has 0 aliphatic rings. The van der Waals surface area contributed by atoms with Gasteiger partial charge in [-0.2, -0.15) is 0 Å². The number of carbonyl (C=O) groups excluding carboxylic acids is 3. The summed E-state index contributed by atoms with van der Waals surface area (Å²) in [5, 5.41) is 2.80. The van der Waals surface area contributed by atoms with Gasteiger partial charge in [0.15, 0.2) is 6.61 Å². The molecule has 3 rings (SSSR count). The van der Waals surface area contributed by atoms with Crippen molar-refractivity contribution in [1.29, 1.82) is 0 Å². The number of ether oxygens (including phenoxy) is 1. The molecule has 8 heteroatoms. The molecule has 0 unspecified atom stereocenters. The van der Waals surface area contributed by atoms with Crippen molar-refractivity contribution in [1.82, 2.24) is 10.9 Å². The van der Waals surface area contributed by atoms with Crippen LogP contribution in [0.5, 0.6) is 5.75 Å². The van der Waals surface area contributed by atoms with Crippen LogP contribution in [0.25, 0.3) is 0 Å². The van der Waals surface area contributed by atoms with Crippen molar-refractivity contribution in [2.24, 2.45) is 0 Å². The van der Waals surface area contributed by atoms with E-state index >= 15 is 0 Å². The zero-order chi connectivity index (χ0) is 24.7. The molecule has 0 atom stereocenters. The highest BCUT2D eigenvalue weighted by atomic mass is 79.9. The summed E-state index contributed by atoms with van der Waals surface area (Å²) in [6, 6.07) is 19.2. The Morgan fingerprint density at radius 1 is 0.912 bits per heavy atom. The molecule has 34 heavy (non-hydrogen) atoms. The summed E-state index contributed by atoms with van der Waals surface area (Å²) in [6.07, 6.45) is 0. The molecule has 0 spiro atoms. The van der Waals surface area contributed by atoms with Gasteiger partial charge >= 0.3 is 0 Å². The van der Waals surface area contributed by atoms with Crippen molar-refractivity contribution in [3.05, 3.63) is 93.5 Å². The van der Waals surface area contributed by atoms with Crippen LogP contribution in [0.2, 0.25) is 0 Å². The molecule has 3 aromatic rings. The fourth-order valence-electron chi connectivity index (χ4n) is 3.21. The standard InChI is InChI=1S/C26H26BrN3O4/c1-16(2)22-14-19(27)10-13-23(22)34-15-24(31)29-30-25(32)18-8-11-20(12-9-18)28-26(33)21-7-5-4-6-17(21)3/h4-14,16H,15H2,1-3H3,(H,28,33)(H,29,31)(H,30,32). The number of nitrogens with one attached hydrogen (secondary N) is 3. The smallest absolute Gasteiger partial charge is 0.276 e. The number of halogens is 1. The van der Waals surface area contributed by atoms with E-state index in [1.54, 1.807) is 42.5 Å². The van der Waals surface area contributed by atoms with E-state index in [1.165, 1.54) is 0 Å². The summed E-state index contributed by atoms with van der Waals surface area (Å²) in [6.45, 7) is 5.69. The first kappa shape index (κ1) is 25.0. The number of hydrazine groups is 1. The van der Waals surface area contributed by atoms with Crippen LogP contribution in [0, 0.1) is 6.92 Å². The molecule has 0 saturated carbocycles. The van der Waals surface area contributed by atoms with Gasteiger partial charge in [-0.25, -0.2) is 0 Å². The Morgan fingerprint density at radius 3 is 2.29 bits per heavy atom. The van der Waals surface area contributed by atoms with Gasteiger partial charge in [-0.1, -0.05) is 48.0 Å². The predicted molar refractivity (Wildman–Crippen MR) is 135 cm³/mol. The lowest BCUT2D eigenvalue weighted by molar-refractivity contribution is -0.123. The molecule has 0 aromatic heterocycles. The van der Waals surface area contributed by atoms with Crippen LogP contribution in [-0.2, 0) is 4.79 Å². The van der Waals surface area contributed by atoms with E-state index in [2.05, 4.69) is 32.1 Å². The molecular weight excluding hydrogens is 498 g/mol. The second-order valence-electron chi connectivity index (χ2n) is 7.97. The average molecular weight is 524 g/mol. The van der Waals surface area contributed by atoms with Gasteiger partial charge in [0.2, 0.25) is 0 Å². The van der Waals surface area contributed by atoms with Gasteiger partial charge in [-0.3, -0.25) is 25.2 Å². The number of rotatable bonds is 7. The van der Waals surface area contributed by atoms with Gasteiger partial charge in [0.1, 0.15) is 5.75 Å². The predicted octanol–water partition coefficient (Wildman–Crippen LogP) is 4.97. The van der Waals surface area contributed by atoms with Gasteiger partial charge < -0.3 is 10.1 Å². The highest BCUT2D eigenvalue weighted by Crippen LogP contribution is 2.29. The minimum Gasteiger partial charge on any atom is -0.483 e. The number of aryl methyl sites for hydroxylation is 1. The van der Waals surface area contributed by atoms with Crippen LogP contribution in [-0.4, -0.2) is 24.3 Å². The molecule has 0 aliphatic carbocycles. The number of hydrogen-bond acceptors (Lipinski definition) is 4. The summed E-state index contributed by atoms with van der Waals surface area (Å²) in [4.78, 5) is 36.9. The van der Waals surface area contributed by atoms with E-state index in [4.69, 9.17) is 4.74 Å². The van der Waals surface area contributed by atoms with Crippen LogP contribution < -0.4 is 20.9 Å². The van der Waals surface area contributed by atoms with Crippen LogP contribution in [0.15, 0.2) is 71.2 Å². The molecule has 0 radical (unpaired) electrons. The Hall–Kier alpha value is -3.65. The van der Waals surface area contributed by atoms with Crippen LogP contribution in [0.4, 0.5) is 5.69 Å². The van der Waals surface area contributed by atoms with E-state index in [0.29, 0.717) is 22.6 Å². The molecule has 3 amide bonds. The van der Waals surface area contributed by atoms with Crippen molar-refractivity contribution >= 4 is 39.3 Å². The SMILES string of the molecule is Cc1ccccc1C(=O)Nc1ccc(C(=O)NNC(=O)COc2ccc(Br)cc2C(C)C)cc1.